The fraction of sp³-hybridized carbons (Fsp3) is 0.300. The number of halogens is 8. The zero-order valence-electron chi connectivity index (χ0n) is 15.9. The Kier molecular flexibility index (Phi) is 7.47. The minimum Gasteiger partial charge on any atom is -0.352 e. The highest BCUT2D eigenvalue weighted by Crippen LogP contribution is 2.65. The Morgan fingerprint density at radius 2 is 1.62 bits per heavy atom. The van der Waals surface area contributed by atoms with Crippen LogP contribution in [0.25, 0.3) is 0 Å². The summed E-state index contributed by atoms with van der Waals surface area (Å²) in [4.78, 5) is 25.0. The number of nitrogens with one attached hydrogen (secondary N) is 2. The molecule has 0 heterocycles. The minimum atomic E-state index is -4.41. The zero-order chi connectivity index (χ0) is 23.8. The largest absolute Gasteiger partial charge is 0.390 e. The summed E-state index contributed by atoms with van der Waals surface area (Å²) >= 11 is 30.6. The third-order valence-corrected chi connectivity index (χ3v) is 6.46. The van der Waals surface area contributed by atoms with Crippen molar-refractivity contribution in [2.45, 2.75) is 22.8 Å². The lowest BCUT2D eigenvalue weighted by Crippen LogP contribution is -2.28. The van der Waals surface area contributed by atoms with Crippen LogP contribution in [0.1, 0.15) is 28.3 Å². The number of carbonyl (C=O) groups is 2. The summed E-state index contributed by atoms with van der Waals surface area (Å²) in [5.41, 5.74) is 0.691. The first-order valence-electron chi connectivity index (χ1n) is 9.09. The molecule has 1 aliphatic rings. The molecule has 0 spiro atoms. The van der Waals surface area contributed by atoms with Crippen LogP contribution in [0.5, 0.6) is 0 Å². The molecule has 2 unspecified atom stereocenters. The van der Waals surface area contributed by atoms with Gasteiger partial charge in [0, 0.05) is 28.2 Å². The Labute approximate surface area is 206 Å². The average molecular weight is 549 g/mol. The van der Waals surface area contributed by atoms with Crippen molar-refractivity contribution in [3.8, 4) is 0 Å². The molecule has 4 nitrogen and oxygen atoms in total. The van der Waals surface area contributed by atoms with Gasteiger partial charge >= 0.3 is 6.18 Å². The predicted molar refractivity (Wildman–Crippen MR) is 120 cm³/mol. The maximum atomic E-state index is 12.8. The number of hydrogen-bond acceptors (Lipinski definition) is 2. The molecule has 0 bridgehead atoms. The molecule has 2 atom stereocenters. The van der Waals surface area contributed by atoms with Gasteiger partial charge in [-0.3, -0.25) is 9.59 Å². The van der Waals surface area contributed by atoms with Crippen LogP contribution in [-0.4, -0.2) is 28.9 Å². The van der Waals surface area contributed by atoms with E-state index in [-0.39, 0.29) is 16.3 Å². The molecular weight excluding hydrogens is 534 g/mol. The van der Waals surface area contributed by atoms with Crippen molar-refractivity contribution in [1.29, 1.82) is 0 Å². The summed E-state index contributed by atoms with van der Waals surface area (Å²) in [7, 11) is 0. The summed E-state index contributed by atoms with van der Waals surface area (Å²) < 4.78 is 35.4. The van der Waals surface area contributed by atoms with Crippen LogP contribution in [-0.2, 0) is 4.79 Å². The summed E-state index contributed by atoms with van der Waals surface area (Å²) in [5, 5.41) is 5.47. The number of hydrogen-bond donors (Lipinski definition) is 2. The number of carbonyl (C=O) groups excluding carboxylic acids is 2. The molecule has 2 aromatic rings. The molecule has 3 rings (SSSR count). The van der Waals surface area contributed by atoms with Crippen molar-refractivity contribution in [3.63, 3.8) is 0 Å². The highest BCUT2D eigenvalue weighted by atomic mass is 35.5. The van der Waals surface area contributed by atoms with Gasteiger partial charge in [0.25, 0.3) is 5.91 Å². The van der Waals surface area contributed by atoms with Crippen LogP contribution >= 0.6 is 58.0 Å². The van der Waals surface area contributed by atoms with Gasteiger partial charge in [-0.2, -0.15) is 13.2 Å². The number of anilines is 1. The summed E-state index contributed by atoms with van der Waals surface area (Å²) in [6.07, 6.45) is -5.59. The van der Waals surface area contributed by atoms with Gasteiger partial charge in [0.2, 0.25) is 5.91 Å². The highest BCUT2D eigenvalue weighted by Gasteiger charge is 2.67. The Morgan fingerprint density at radius 1 is 1.00 bits per heavy atom. The van der Waals surface area contributed by atoms with Crippen LogP contribution in [0.3, 0.4) is 0 Å². The van der Waals surface area contributed by atoms with Gasteiger partial charge < -0.3 is 10.6 Å². The maximum Gasteiger partial charge on any atom is 0.390 e. The first-order chi connectivity index (χ1) is 14.8. The number of benzene rings is 2. The standard InChI is InChI=1S/C20H14Cl5F3N2O2/c21-10-5-9(6-11(22)7-10)15-16(20(15,24)25)18(32)30-12-1-2-14(23)13(8-12)17(31)29-4-3-19(26,27)28/h1-2,5-8,15-16H,3-4H2,(H,29,31)(H,30,32). The van der Waals surface area contributed by atoms with E-state index in [1.54, 1.807) is 12.1 Å². The van der Waals surface area contributed by atoms with Crippen molar-refractivity contribution in [2.24, 2.45) is 5.92 Å². The van der Waals surface area contributed by atoms with Crippen molar-refractivity contribution in [1.82, 2.24) is 5.32 Å². The van der Waals surface area contributed by atoms with Gasteiger partial charge in [-0.25, -0.2) is 0 Å². The normalized spacial score (nSPS) is 19.4. The van der Waals surface area contributed by atoms with Crippen molar-refractivity contribution in [2.75, 3.05) is 11.9 Å². The Hall–Kier alpha value is -1.38. The van der Waals surface area contributed by atoms with Crippen LogP contribution in [0.4, 0.5) is 18.9 Å². The predicted octanol–water partition coefficient (Wildman–Crippen LogP) is 6.86. The molecule has 2 amide bonds. The SMILES string of the molecule is O=C(NCCC(F)(F)F)c1cc(NC(=O)C2C(c3cc(Cl)cc(Cl)c3)C2(Cl)Cl)ccc1Cl. The minimum absolute atomic E-state index is 0.00871. The smallest absolute Gasteiger partial charge is 0.352 e. The van der Waals surface area contributed by atoms with Gasteiger partial charge in [-0.15, -0.1) is 23.2 Å². The van der Waals surface area contributed by atoms with E-state index in [0.717, 1.165) is 0 Å². The molecule has 1 saturated carbocycles. The summed E-state index contributed by atoms with van der Waals surface area (Å²) in [5.74, 6) is -2.74. The van der Waals surface area contributed by atoms with Gasteiger partial charge in [0.1, 0.15) is 4.33 Å². The lowest BCUT2D eigenvalue weighted by Gasteiger charge is -2.11. The molecule has 32 heavy (non-hydrogen) atoms. The van der Waals surface area contributed by atoms with E-state index in [2.05, 4.69) is 10.6 Å². The average Bonchev–Trinajstić information content (AvgIpc) is 3.23. The van der Waals surface area contributed by atoms with Crippen LogP contribution < -0.4 is 10.6 Å². The van der Waals surface area contributed by atoms with E-state index >= 15 is 0 Å². The lowest BCUT2D eigenvalue weighted by atomic mass is 10.1. The van der Waals surface area contributed by atoms with Crippen LogP contribution in [0.2, 0.25) is 15.1 Å². The molecule has 12 heteroatoms. The van der Waals surface area contributed by atoms with Crippen LogP contribution in [0.15, 0.2) is 36.4 Å². The first kappa shape index (κ1) is 25.2. The Morgan fingerprint density at radius 3 is 2.22 bits per heavy atom. The monoisotopic (exact) mass is 546 g/mol. The number of rotatable bonds is 6. The van der Waals surface area contributed by atoms with E-state index in [1.165, 1.54) is 24.3 Å². The second-order valence-corrected chi connectivity index (χ2v) is 9.86. The van der Waals surface area contributed by atoms with Crippen LogP contribution in [0, 0.1) is 5.92 Å². The fourth-order valence-corrected chi connectivity index (χ4v) is 4.81. The second-order valence-electron chi connectivity index (χ2n) is 7.14. The number of amides is 2. The van der Waals surface area contributed by atoms with E-state index in [0.29, 0.717) is 15.6 Å². The Bertz CT molecular complexity index is 1040. The van der Waals surface area contributed by atoms with E-state index < -0.39 is 47.1 Å². The molecular formula is C20H14Cl5F3N2O2. The van der Waals surface area contributed by atoms with E-state index in [1.807, 2.05) is 0 Å². The fourth-order valence-electron chi connectivity index (χ4n) is 3.23. The first-order valence-corrected chi connectivity index (χ1v) is 11.0. The second kappa shape index (κ2) is 9.47. The van der Waals surface area contributed by atoms with Gasteiger partial charge in [-0.05, 0) is 42.0 Å². The molecule has 0 radical (unpaired) electrons. The third-order valence-electron chi connectivity index (χ3n) is 4.75. The third kappa shape index (κ3) is 5.94. The van der Waals surface area contributed by atoms with Crippen molar-refractivity contribution in [3.05, 3.63) is 62.6 Å². The molecule has 172 valence electrons. The molecule has 1 aliphatic carbocycles. The van der Waals surface area contributed by atoms with Gasteiger partial charge in [-0.1, -0.05) is 34.8 Å². The zero-order valence-corrected chi connectivity index (χ0v) is 19.7. The Balaban J connectivity index is 1.71. The quantitative estimate of drug-likeness (QED) is 0.388. The van der Waals surface area contributed by atoms with E-state index in [4.69, 9.17) is 58.0 Å². The van der Waals surface area contributed by atoms with Crippen molar-refractivity contribution >= 4 is 75.5 Å². The van der Waals surface area contributed by atoms with Gasteiger partial charge in [0.05, 0.1) is 22.9 Å². The molecule has 1 fully saturated rings. The summed E-state index contributed by atoms with van der Waals surface area (Å²) in [6, 6.07) is 8.77. The molecule has 2 aromatic carbocycles. The molecule has 0 aliphatic heterocycles. The van der Waals surface area contributed by atoms with Gasteiger partial charge in [0.15, 0.2) is 0 Å². The molecule has 0 saturated heterocycles. The highest BCUT2D eigenvalue weighted by molar-refractivity contribution is 6.53. The topological polar surface area (TPSA) is 58.2 Å². The summed E-state index contributed by atoms with van der Waals surface area (Å²) in [6.45, 7) is -0.609. The molecule has 2 N–H and O–H groups in total. The molecule has 0 aromatic heterocycles. The lowest BCUT2D eigenvalue weighted by molar-refractivity contribution is -0.133. The maximum absolute atomic E-state index is 12.8. The van der Waals surface area contributed by atoms with E-state index in [9.17, 15) is 22.8 Å². The van der Waals surface area contributed by atoms with Crippen molar-refractivity contribution < 1.29 is 22.8 Å². The number of alkyl halides is 5.